The van der Waals surface area contributed by atoms with Gasteiger partial charge in [0.1, 0.15) is 21.8 Å². The number of halogens is 2. The van der Waals surface area contributed by atoms with Crippen LogP contribution in [0.15, 0.2) is 71.7 Å². The fourth-order valence-corrected chi connectivity index (χ4v) is 4.95. The monoisotopic (exact) mass is 524 g/mol. The molecule has 3 heterocycles. The molecule has 0 saturated heterocycles. The molecule has 5 aromatic rings. The molecule has 2 aromatic carbocycles. The molecule has 1 atom stereocenters. The molecule has 0 spiro atoms. The third-order valence-corrected chi connectivity index (χ3v) is 6.68. The maximum absolute atomic E-state index is 13.4. The van der Waals surface area contributed by atoms with E-state index in [-0.39, 0.29) is 23.4 Å². The Hall–Kier alpha value is -3.46. The van der Waals surface area contributed by atoms with E-state index >= 15 is 0 Å². The Morgan fingerprint density at radius 1 is 1.11 bits per heavy atom. The van der Waals surface area contributed by atoms with Crippen LogP contribution in [0.1, 0.15) is 16.1 Å². The highest BCUT2D eigenvalue weighted by atomic mass is 35.5. The van der Waals surface area contributed by atoms with Gasteiger partial charge in [-0.15, -0.1) is 0 Å². The Kier molecular flexibility index (Phi) is 6.19. The second-order valence-electron chi connectivity index (χ2n) is 7.90. The summed E-state index contributed by atoms with van der Waals surface area (Å²) < 4.78 is 16.1. The van der Waals surface area contributed by atoms with Gasteiger partial charge in [-0.1, -0.05) is 41.4 Å². The van der Waals surface area contributed by atoms with Crippen molar-refractivity contribution in [1.29, 1.82) is 0 Å². The van der Waals surface area contributed by atoms with Crippen molar-refractivity contribution < 1.29 is 9.00 Å². The Morgan fingerprint density at radius 2 is 1.91 bits per heavy atom. The highest BCUT2D eigenvalue weighted by molar-refractivity contribution is 7.82. The molecular formula is C25H18Cl2N4O3S. The SMILES string of the molecule is CS(=O)NC(=O)c1c(-c2ccc[nH]c2=O)c2cc(Cl)ccc2n1Cc1cc2ccccc2nc1Cl. The van der Waals surface area contributed by atoms with Crippen LogP contribution in [0, 0.1) is 0 Å². The van der Waals surface area contributed by atoms with Crippen molar-refractivity contribution in [3.8, 4) is 11.1 Å². The smallest absolute Gasteiger partial charge is 0.280 e. The molecule has 0 saturated carbocycles. The van der Waals surface area contributed by atoms with E-state index in [4.69, 9.17) is 23.2 Å². The van der Waals surface area contributed by atoms with Crippen molar-refractivity contribution in [3.63, 3.8) is 0 Å². The van der Waals surface area contributed by atoms with E-state index in [0.29, 0.717) is 32.2 Å². The van der Waals surface area contributed by atoms with Gasteiger partial charge in [-0.25, -0.2) is 9.19 Å². The second-order valence-corrected chi connectivity index (χ2v) is 9.81. The second kappa shape index (κ2) is 9.30. The van der Waals surface area contributed by atoms with Crippen LogP contribution in [0.3, 0.4) is 0 Å². The minimum absolute atomic E-state index is 0.165. The van der Waals surface area contributed by atoms with Gasteiger partial charge in [0.15, 0.2) is 0 Å². The molecule has 35 heavy (non-hydrogen) atoms. The van der Waals surface area contributed by atoms with Crippen LogP contribution in [0.5, 0.6) is 0 Å². The Bertz CT molecular complexity index is 1710. The zero-order valence-electron chi connectivity index (χ0n) is 18.3. The van der Waals surface area contributed by atoms with Crippen LogP contribution in [0.4, 0.5) is 0 Å². The van der Waals surface area contributed by atoms with Crippen LogP contribution < -0.4 is 10.3 Å². The van der Waals surface area contributed by atoms with E-state index in [0.717, 1.165) is 10.9 Å². The number of nitrogens with zero attached hydrogens (tertiary/aromatic N) is 2. The van der Waals surface area contributed by atoms with Crippen molar-refractivity contribution >= 4 is 61.9 Å². The summed E-state index contributed by atoms with van der Waals surface area (Å²) in [6.07, 6.45) is 2.88. The van der Waals surface area contributed by atoms with Crippen LogP contribution in [-0.4, -0.2) is 30.9 Å². The number of fused-ring (bicyclic) bond motifs is 2. The van der Waals surface area contributed by atoms with Crippen molar-refractivity contribution in [2.24, 2.45) is 0 Å². The van der Waals surface area contributed by atoms with Gasteiger partial charge in [-0.3, -0.25) is 14.3 Å². The maximum atomic E-state index is 13.4. The van der Waals surface area contributed by atoms with Gasteiger partial charge >= 0.3 is 0 Å². The first-order chi connectivity index (χ1) is 16.8. The molecule has 1 amide bonds. The van der Waals surface area contributed by atoms with Crippen LogP contribution in [-0.2, 0) is 17.5 Å². The van der Waals surface area contributed by atoms with Crippen LogP contribution in [0.25, 0.3) is 32.9 Å². The van der Waals surface area contributed by atoms with E-state index in [9.17, 15) is 13.8 Å². The van der Waals surface area contributed by atoms with Crippen molar-refractivity contribution in [1.82, 2.24) is 19.3 Å². The number of H-pyrrole nitrogens is 1. The standard InChI is InChI=1S/C25H18Cl2N4O3S/c1-35(34)30-25(33)22-21(17-6-4-10-28-24(17)32)18-12-16(26)8-9-20(18)31(22)13-15-11-14-5-2-3-7-19(14)29-23(15)27/h2-12H,13H2,1H3,(H,28,32)(H,30,33). The number of rotatable bonds is 5. The number of carbonyl (C=O) groups excluding carboxylic acids is 1. The summed E-state index contributed by atoms with van der Waals surface area (Å²) in [6.45, 7) is 0.179. The van der Waals surface area contributed by atoms with E-state index in [1.54, 1.807) is 34.9 Å². The lowest BCUT2D eigenvalue weighted by Crippen LogP contribution is -2.28. The number of hydrogen-bond acceptors (Lipinski definition) is 4. The third-order valence-electron chi connectivity index (χ3n) is 5.64. The van der Waals surface area contributed by atoms with E-state index in [1.165, 1.54) is 12.5 Å². The lowest BCUT2D eigenvalue weighted by atomic mass is 10.0. The zero-order valence-corrected chi connectivity index (χ0v) is 20.7. The summed E-state index contributed by atoms with van der Waals surface area (Å²) in [7, 11) is -1.63. The van der Waals surface area contributed by atoms with Gasteiger partial charge in [0.25, 0.3) is 11.5 Å². The lowest BCUT2D eigenvalue weighted by molar-refractivity contribution is 0.0975. The summed E-state index contributed by atoms with van der Waals surface area (Å²) in [5.41, 5.74) is 2.55. The Balaban J connectivity index is 1.83. The van der Waals surface area contributed by atoms with Crippen LogP contribution in [0.2, 0.25) is 10.2 Å². The molecule has 0 aliphatic heterocycles. The molecule has 0 aliphatic rings. The van der Waals surface area contributed by atoms with Crippen molar-refractivity contribution in [2.45, 2.75) is 6.54 Å². The minimum Gasteiger partial charge on any atom is -0.331 e. The fraction of sp³-hybridized carbons (Fsp3) is 0.0800. The first kappa shape index (κ1) is 23.3. The predicted molar refractivity (Wildman–Crippen MR) is 140 cm³/mol. The average molecular weight is 525 g/mol. The molecule has 0 bridgehead atoms. The van der Waals surface area contributed by atoms with Gasteiger partial charge in [0.05, 0.1) is 12.1 Å². The predicted octanol–water partition coefficient (Wildman–Crippen LogP) is 4.92. The van der Waals surface area contributed by atoms with Crippen molar-refractivity contribution in [3.05, 3.63) is 98.6 Å². The molecule has 2 N–H and O–H groups in total. The number of amides is 1. The molecule has 7 nitrogen and oxygen atoms in total. The highest BCUT2D eigenvalue weighted by Gasteiger charge is 2.26. The van der Waals surface area contributed by atoms with E-state index in [1.807, 2.05) is 30.3 Å². The molecule has 0 fully saturated rings. The summed E-state index contributed by atoms with van der Waals surface area (Å²) in [4.78, 5) is 33.3. The van der Waals surface area contributed by atoms with Gasteiger partial charge in [-0.05, 0) is 42.5 Å². The summed E-state index contributed by atoms with van der Waals surface area (Å²) in [5, 5.41) is 2.24. The summed E-state index contributed by atoms with van der Waals surface area (Å²) in [5.74, 6) is -0.596. The van der Waals surface area contributed by atoms with Crippen LogP contribution >= 0.6 is 23.2 Å². The summed E-state index contributed by atoms with van der Waals surface area (Å²) in [6, 6.07) is 18.0. The number of benzene rings is 2. The number of carbonyl (C=O) groups is 1. The molecule has 3 aromatic heterocycles. The number of aromatic amines is 1. The molecule has 0 radical (unpaired) electrons. The molecule has 10 heteroatoms. The summed E-state index contributed by atoms with van der Waals surface area (Å²) >= 11 is 12.9. The minimum atomic E-state index is -1.63. The molecular weight excluding hydrogens is 507 g/mol. The number of aromatic nitrogens is 3. The highest BCUT2D eigenvalue weighted by Crippen LogP contribution is 2.36. The molecule has 5 rings (SSSR count). The van der Waals surface area contributed by atoms with Gasteiger partial charge in [0.2, 0.25) is 0 Å². The molecule has 0 aliphatic carbocycles. The van der Waals surface area contributed by atoms with Gasteiger partial charge in [-0.2, -0.15) is 0 Å². The van der Waals surface area contributed by atoms with E-state index < -0.39 is 16.9 Å². The molecule has 1 unspecified atom stereocenters. The zero-order chi connectivity index (χ0) is 24.7. The number of pyridine rings is 2. The fourth-order valence-electron chi connectivity index (χ4n) is 4.21. The Labute approximate surface area is 212 Å². The first-order valence-electron chi connectivity index (χ1n) is 10.5. The topological polar surface area (TPSA) is 96.9 Å². The number of nitrogens with one attached hydrogen (secondary N) is 2. The largest absolute Gasteiger partial charge is 0.331 e. The quantitative estimate of drug-likeness (QED) is 0.318. The Morgan fingerprint density at radius 3 is 2.69 bits per heavy atom. The lowest BCUT2D eigenvalue weighted by Gasteiger charge is -2.13. The van der Waals surface area contributed by atoms with E-state index in [2.05, 4.69) is 14.7 Å². The van der Waals surface area contributed by atoms with Crippen molar-refractivity contribution in [2.75, 3.05) is 6.26 Å². The number of hydrogen-bond donors (Lipinski definition) is 2. The maximum Gasteiger partial charge on any atom is 0.280 e. The normalized spacial score (nSPS) is 12.2. The third kappa shape index (κ3) is 4.36. The first-order valence-corrected chi connectivity index (χ1v) is 12.8. The average Bonchev–Trinajstić information content (AvgIpc) is 3.12. The van der Waals surface area contributed by atoms with Gasteiger partial charge < -0.3 is 9.55 Å². The molecule has 176 valence electrons. The number of para-hydroxylation sites is 1. The van der Waals surface area contributed by atoms with Gasteiger partial charge in [0, 0.05) is 50.5 Å².